The molecule has 0 heterocycles. The topological polar surface area (TPSA) is 38.7 Å². The monoisotopic (exact) mass is 236 g/mol. The third-order valence-electron chi connectivity index (χ3n) is 2.46. The molecule has 1 aromatic rings. The number of methoxy groups -OCH3 is 1. The maximum atomic E-state index is 9.48. The highest BCUT2D eigenvalue weighted by molar-refractivity contribution is 5.43. The van der Waals surface area contributed by atoms with Crippen LogP contribution in [0, 0.1) is 0 Å². The van der Waals surface area contributed by atoms with E-state index in [4.69, 9.17) is 9.47 Å². The molecule has 1 atom stereocenters. The largest absolute Gasteiger partial charge is 0.493 e. The van der Waals surface area contributed by atoms with Crippen LogP contribution in [0.1, 0.15) is 31.9 Å². The van der Waals surface area contributed by atoms with Crippen LogP contribution in [0.2, 0.25) is 0 Å². The van der Waals surface area contributed by atoms with Crippen LogP contribution >= 0.6 is 0 Å². The van der Waals surface area contributed by atoms with Crippen molar-refractivity contribution < 1.29 is 14.6 Å². The van der Waals surface area contributed by atoms with Gasteiger partial charge in [-0.1, -0.05) is 11.6 Å². The molecule has 1 N–H and O–H groups in total. The lowest BCUT2D eigenvalue weighted by Crippen LogP contribution is -2.01. The van der Waals surface area contributed by atoms with E-state index in [0.717, 1.165) is 17.6 Å². The third kappa shape index (κ3) is 4.11. The molecule has 0 unspecified atom stereocenters. The van der Waals surface area contributed by atoms with Crippen LogP contribution in [0.3, 0.4) is 0 Å². The average molecular weight is 236 g/mol. The summed E-state index contributed by atoms with van der Waals surface area (Å²) < 4.78 is 10.8. The summed E-state index contributed by atoms with van der Waals surface area (Å²) in [5, 5.41) is 9.48. The second-order valence-electron chi connectivity index (χ2n) is 4.14. The highest BCUT2D eigenvalue weighted by atomic mass is 16.5. The first-order valence-corrected chi connectivity index (χ1v) is 5.67. The fourth-order valence-corrected chi connectivity index (χ4v) is 1.40. The molecule has 0 aliphatic heterocycles. The van der Waals surface area contributed by atoms with E-state index >= 15 is 0 Å². The predicted octanol–water partition coefficient (Wildman–Crippen LogP) is 3.09. The third-order valence-corrected chi connectivity index (χ3v) is 2.46. The summed E-state index contributed by atoms with van der Waals surface area (Å²) in [7, 11) is 1.59. The summed E-state index contributed by atoms with van der Waals surface area (Å²) in [5.74, 6) is 1.34. The van der Waals surface area contributed by atoms with E-state index in [0.29, 0.717) is 18.1 Å². The lowest BCUT2D eigenvalue weighted by Gasteiger charge is -2.13. The van der Waals surface area contributed by atoms with Gasteiger partial charge in [0.2, 0.25) is 0 Å². The molecule has 0 spiro atoms. The van der Waals surface area contributed by atoms with Crippen molar-refractivity contribution in [2.75, 3.05) is 13.7 Å². The fraction of sp³-hybridized carbons (Fsp3) is 0.429. The van der Waals surface area contributed by atoms with E-state index in [1.54, 1.807) is 20.1 Å². The number of aliphatic hydroxyl groups is 1. The van der Waals surface area contributed by atoms with Gasteiger partial charge in [0.1, 0.15) is 0 Å². The Morgan fingerprint density at radius 1 is 1.41 bits per heavy atom. The lowest BCUT2D eigenvalue weighted by atomic mass is 10.1. The zero-order chi connectivity index (χ0) is 12.8. The van der Waals surface area contributed by atoms with Crippen molar-refractivity contribution in [2.45, 2.75) is 26.4 Å². The first-order chi connectivity index (χ1) is 8.04. The maximum absolute atomic E-state index is 9.48. The Bertz CT molecular complexity index is 383. The molecule has 3 heteroatoms. The molecular weight excluding hydrogens is 216 g/mol. The molecule has 0 amide bonds. The zero-order valence-corrected chi connectivity index (χ0v) is 10.7. The average Bonchev–Trinajstić information content (AvgIpc) is 2.28. The van der Waals surface area contributed by atoms with Crippen LogP contribution in [0.4, 0.5) is 0 Å². The molecule has 0 saturated carbocycles. The normalized spacial score (nSPS) is 12.0. The van der Waals surface area contributed by atoms with Gasteiger partial charge in [0.15, 0.2) is 11.5 Å². The predicted molar refractivity (Wildman–Crippen MR) is 68.6 cm³/mol. The standard InChI is InChI=1S/C14H20O3/c1-10(2)7-8-17-13-6-5-12(11(3)15)9-14(13)16-4/h5-6,9,11,15H,1,7-8H2,2-4H3/t11-/m1/s1. The van der Waals surface area contributed by atoms with E-state index in [1.165, 1.54) is 0 Å². The molecule has 1 rings (SSSR count). The van der Waals surface area contributed by atoms with Gasteiger partial charge in [-0.3, -0.25) is 0 Å². The van der Waals surface area contributed by atoms with Crippen molar-refractivity contribution in [1.82, 2.24) is 0 Å². The number of rotatable bonds is 6. The number of aliphatic hydroxyl groups excluding tert-OH is 1. The van der Waals surface area contributed by atoms with Crippen LogP contribution in [-0.2, 0) is 0 Å². The smallest absolute Gasteiger partial charge is 0.161 e. The summed E-state index contributed by atoms with van der Waals surface area (Å²) in [4.78, 5) is 0. The minimum Gasteiger partial charge on any atom is -0.493 e. The van der Waals surface area contributed by atoms with E-state index < -0.39 is 6.10 Å². The summed E-state index contributed by atoms with van der Waals surface area (Å²) >= 11 is 0. The fourth-order valence-electron chi connectivity index (χ4n) is 1.40. The Morgan fingerprint density at radius 3 is 2.65 bits per heavy atom. The van der Waals surface area contributed by atoms with Gasteiger partial charge >= 0.3 is 0 Å². The zero-order valence-electron chi connectivity index (χ0n) is 10.7. The highest BCUT2D eigenvalue weighted by Gasteiger charge is 2.08. The van der Waals surface area contributed by atoms with Crippen molar-refractivity contribution in [2.24, 2.45) is 0 Å². The quantitative estimate of drug-likeness (QED) is 0.771. The molecule has 0 saturated heterocycles. The van der Waals surface area contributed by atoms with Gasteiger partial charge in [0.05, 0.1) is 19.8 Å². The van der Waals surface area contributed by atoms with Crippen LogP contribution in [0.5, 0.6) is 11.5 Å². The van der Waals surface area contributed by atoms with Crippen LogP contribution in [0.25, 0.3) is 0 Å². The van der Waals surface area contributed by atoms with Gasteiger partial charge in [-0.25, -0.2) is 0 Å². The van der Waals surface area contributed by atoms with Crippen LogP contribution < -0.4 is 9.47 Å². The number of ether oxygens (including phenoxy) is 2. The molecule has 0 aliphatic rings. The minimum absolute atomic E-state index is 0.506. The molecule has 0 aromatic heterocycles. The molecular formula is C14H20O3. The molecule has 17 heavy (non-hydrogen) atoms. The molecule has 94 valence electrons. The molecule has 0 radical (unpaired) electrons. The van der Waals surface area contributed by atoms with Crippen LogP contribution in [0.15, 0.2) is 30.4 Å². The van der Waals surface area contributed by atoms with Gasteiger partial charge < -0.3 is 14.6 Å². The van der Waals surface area contributed by atoms with Gasteiger partial charge in [-0.2, -0.15) is 0 Å². The summed E-state index contributed by atoms with van der Waals surface area (Å²) in [5.41, 5.74) is 1.90. The SMILES string of the molecule is C=C(C)CCOc1ccc([C@@H](C)O)cc1OC. The van der Waals surface area contributed by atoms with E-state index in [2.05, 4.69) is 6.58 Å². The maximum Gasteiger partial charge on any atom is 0.161 e. The first-order valence-electron chi connectivity index (χ1n) is 5.67. The van der Waals surface area contributed by atoms with Gasteiger partial charge in [-0.15, -0.1) is 6.58 Å². The van der Waals surface area contributed by atoms with E-state index in [1.807, 2.05) is 19.1 Å². The number of hydrogen-bond acceptors (Lipinski definition) is 3. The molecule has 0 bridgehead atoms. The van der Waals surface area contributed by atoms with Crippen molar-refractivity contribution >= 4 is 0 Å². The van der Waals surface area contributed by atoms with Gasteiger partial charge in [0.25, 0.3) is 0 Å². The van der Waals surface area contributed by atoms with Crippen LogP contribution in [-0.4, -0.2) is 18.8 Å². The Balaban J connectivity index is 2.74. The first kappa shape index (κ1) is 13.6. The molecule has 3 nitrogen and oxygen atoms in total. The second kappa shape index (κ2) is 6.30. The van der Waals surface area contributed by atoms with E-state index in [9.17, 15) is 5.11 Å². The van der Waals surface area contributed by atoms with Gasteiger partial charge in [-0.05, 0) is 31.5 Å². The molecule has 0 fully saturated rings. The summed E-state index contributed by atoms with van der Waals surface area (Å²) in [6.45, 7) is 8.09. The van der Waals surface area contributed by atoms with E-state index in [-0.39, 0.29) is 0 Å². The summed E-state index contributed by atoms with van der Waals surface area (Å²) in [6, 6.07) is 5.45. The van der Waals surface area contributed by atoms with Crippen molar-refractivity contribution in [1.29, 1.82) is 0 Å². The highest BCUT2D eigenvalue weighted by Crippen LogP contribution is 2.30. The second-order valence-corrected chi connectivity index (χ2v) is 4.14. The van der Waals surface area contributed by atoms with Crippen molar-refractivity contribution in [3.8, 4) is 11.5 Å². The van der Waals surface area contributed by atoms with Gasteiger partial charge in [0, 0.05) is 6.42 Å². The number of benzene rings is 1. The summed E-state index contributed by atoms with van der Waals surface area (Å²) in [6.07, 6.45) is 0.315. The Labute approximate surface area is 103 Å². The van der Waals surface area contributed by atoms with Crippen molar-refractivity contribution in [3.05, 3.63) is 35.9 Å². The minimum atomic E-state index is -0.506. The Kier molecular flexibility index (Phi) is 5.04. The Hall–Kier alpha value is -1.48. The Morgan fingerprint density at radius 2 is 2.12 bits per heavy atom. The lowest BCUT2D eigenvalue weighted by molar-refractivity contribution is 0.198. The van der Waals surface area contributed by atoms with Crippen molar-refractivity contribution in [3.63, 3.8) is 0 Å². The molecule has 1 aromatic carbocycles. The number of hydrogen-bond donors (Lipinski definition) is 1. The molecule has 0 aliphatic carbocycles.